The molecule has 4 nitrogen and oxygen atoms in total. The van der Waals surface area contributed by atoms with Gasteiger partial charge in [0, 0.05) is 32.7 Å². The quantitative estimate of drug-likeness (QED) is 0.915. The molecule has 1 saturated carbocycles. The lowest BCUT2D eigenvalue weighted by molar-refractivity contribution is 0.0697. The molecular weight excluding hydrogens is 259 g/mol. The minimum Gasteiger partial charge on any atom is -0.478 e. The molecule has 0 amide bonds. The van der Waals surface area contributed by atoms with E-state index in [0.717, 1.165) is 25.6 Å². The summed E-state index contributed by atoms with van der Waals surface area (Å²) in [5.74, 6) is -0.662. The summed E-state index contributed by atoms with van der Waals surface area (Å²) >= 11 is 0. The van der Waals surface area contributed by atoms with E-state index in [1.54, 1.807) is 0 Å². The molecule has 0 bridgehead atoms. The van der Waals surface area contributed by atoms with Gasteiger partial charge in [0.2, 0.25) is 0 Å². The van der Waals surface area contributed by atoms with Crippen LogP contribution < -0.4 is 4.90 Å². The summed E-state index contributed by atoms with van der Waals surface area (Å²) < 4.78 is 14.0. The second-order valence-electron chi connectivity index (χ2n) is 5.67. The zero-order valence-electron chi connectivity index (χ0n) is 11.4. The summed E-state index contributed by atoms with van der Waals surface area (Å²) in [6.45, 7) is 4.27. The molecule has 2 fully saturated rings. The first-order valence-corrected chi connectivity index (χ1v) is 7.14. The van der Waals surface area contributed by atoms with Crippen LogP contribution in [0, 0.1) is 11.7 Å². The number of carboxylic acids is 1. The Morgan fingerprint density at radius 2 is 1.95 bits per heavy atom. The molecule has 1 aliphatic carbocycles. The number of hydrogen-bond acceptors (Lipinski definition) is 3. The molecule has 1 aliphatic heterocycles. The molecule has 108 valence electrons. The van der Waals surface area contributed by atoms with E-state index >= 15 is 0 Å². The van der Waals surface area contributed by atoms with Gasteiger partial charge in [0.1, 0.15) is 5.82 Å². The Kier molecular flexibility index (Phi) is 3.61. The van der Waals surface area contributed by atoms with Crippen LogP contribution in [0.3, 0.4) is 0 Å². The number of anilines is 1. The third-order valence-corrected chi connectivity index (χ3v) is 4.12. The van der Waals surface area contributed by atoms with Gasteiger partial charge >= 0.3 is 5.97 Å². The molecule has 5 heteroatoms. The third-order valence-electron chi connectivity index (χ3n) is 4.12. The molecule has 2 aliphatic rings. The van der Waals surface area contributed by atoms with Crippen LogP contribution in [0.2, 0.25) is 0 Å². The number of carbonyl (C=O) groups is 1. The van der Waals surface area contributed by atoms with Crippen molar-refractivity contribution in [2.24, 2.45) is 5.92 Å². The average molecular weight is 278 g/mol. The topological polar surface area (TPSA) is 43.8 Å². The third kappa shape index (κ3) is 2.77. The minimum atomic E-state index is -1.07. The molecule has 1 aromatic rings. The number of aromatic carboxylic acids is 1. The lowest BCUT2D eigenvalue weighted by Crippen LogP contribution is -2.47. The van der Waals surface area contributed by atoms with Crippen molar-refractivity contribution in [2.45, 2.75) is 12.8 Å². The molecule has 0 spiro atoms. The van der Waals surface area contributed by atoms with Crippen molar-refractivity contribution in [1.29, 1.82) is 0 Å². The van der Waals surface area contributed by atoms with Crippen LogP contribution in [0.5, 0.6) is 0 Å². The Morgan fingerprint density at radius 1 is 1.25 bits per heavy atom. The van der Waals surface area contributed by atoms with Crippen LogP contribution in [-0.4, -0.2) is 48.7 Å². The molecule has 0 radical (unpaired) electrons. The normalized spacial score (nSPS) is 20.1. The Balaban J connectivity index is 1.72. The van der Waals surface area contributed by atoms with Crippen molar-refractivity contribution >= 4 is 11.7 Å². The van der Waals surface area contributed by atoms with Gasteiger partial charge in [0.25, 0.3) is 0 Å². The van der Waals surface area contributed by atoms with Crippen molar-refractivity contribution in [1.82, 2.24) is 4.90 Å². The Hall–Kier alpha value is -1.62. The van der Waals surface area contributed by atoms with Crippen molar-refractivity contribution < 1.29 is 14.3 Å². The monoisotopic (exact) mass is 278 g/mol. The van der Waals surface area contributed by atoms with Gasteiger partial charge in [-0.2, -0.15) is 0 Å². The molecule has 0 aromatic heterocycles. The van der Waals surface area contributed by atoms with Gasteiger partial charge in [-0.05, 0) is 30.9 Å². The van der Waals surface area contributed by atoms with Gasteiger partial charge in [-0.1, -0.05) is 6.07 Å². The molecular formula is C15H19FN2O2. The number of rotatable bonds is 4. The molecule has 1 heterocycles. The van der Waals surface area contributed by atoms with Crippen molar-refractivity contribution in [3.8, 4) is 0 Å². The van der Waals surface area contributed by atoms with Crippen LogP contribution in [-0.2, 0) is 0 Å². The van der Waals surface area contributed by atoms with E-state index in [9.17, 15) is 14.3 Å². The van der Waals surface area contributed by atoms with E-state index in [-0.39, 0.29) is 11.3 Å². The minimum absolute atomic E-state index is 0.0562. The number of piperazine rings is 1. The lowest BCUT2D eigenvalue weighted by atomic mass is 10.1. The molecule has 1 saturated heterocycles. The van der Waals surface area contributed by atoms with E-state index in [4.69, 9.17) is 0 Å². The van der Waals surface area contributed by atoms with Crippen LogP contribution in [0.1, 0.15) is 23.2 Å². The molecule has 1 N–H and O–H groups in total. The first kappa shape index (κ1) is 13.4. The van der Waals surface area contributed by atoms with Gasteiger partial charge in [0.15, 0.2) is 0 Å². The largest absolute Gasteiger partial charge is 0.478 e. The van der Waals surface area contributed by atoms with E-state index in [1.807, 2.05) is 4.90 Å². The number of carboxylic acid groups (broad SMARTS) is 1. The SMILES string of the molecule is O=C(O)c1cccc(F)c1N1CCN(CC2CC2)CC1. The van der Waals surface area contributed by atoms with Crippen LogP contribution in [0.4, 0.5) is 10.1 Å². The number of para-hydroxylation sites is 1. The highest BCUT2D eigenvalue weighted by molar-refractivity contribution is 5.94. The highest BCUT2D eigenvalue weighted by atomic mass is 19.1. The summed E-state index contributed by atoms with van der Waals surface area (Å²) in [5.41, 5.74) is 0.298. The summed E-state index contributed by atoms with van der Waals surface area (Å²) in [7, 11) is 0. The van der Waals surface area contributed by atoms with E-state index in [2.05, 4.69) is 4.90 Å². The van der Waals surface area contributed by atoms with Gasteiger partial charge in [0.05, 0.1) is 11.3 Å². The van der Waals surface area contributed by atoms with Gasteiger partial charge < -0.3 is 10.0 Å². The summed E-state index contributed by atoms with van der Waals surface area (Å²) in [5, 5.41) is 9.20. The Morgan fingerprint density at radius 3 is 2.55 bits per heavy atom. The first-order valence-electron chi connectivity index (χ1n) is 7.14. The smallest absolute Gasteiger partial charge is 0.337 e. The zero-order chi connectivity index (χ0) is 14.1. The number of benzene rings is 1. The maximum Gasteiger partial charge on any atom is 0.337 e. The molecule has 0 unspecified atom stereocenters. The first-order chi connectivity index (χ1) is 9.65. The van der Waals surface area contributed by atoms with E-state index in [0.29, 0.717) is 13.1 Å². The standard InChI is InChI=1S/C15H19FN2O2/c16-13-3-1-2-12(15(19)20)14(13)18-8-6-17(7-9-18)10-11-4-5-11/h1-3,11H,4-10H2,(H,19,20). The average Bonchev–Trinajstić information content (AvgIpc) is 3.23. The number of hydrogen-bond donors (Lipinski definition) is 1. The Labute approximate surface area is 117 Å². The zero-order valence-corrected chi connectivity index (χ0v) is 11.4. The lowest BCUT2D eigenvalue weighted by Gasteiger charge is -2.36. The fraction of sp³-hybridized carbons (Fsp3) is 0.533. The van der Waals surface area contributed by atoms with Crippen molar-refractivity contribution in [3.05, 3.63) is 29.6 Å². The summed E-state index contributed by atoms with van der Waals surface area (Å²) in [6, 6.07) is 4.25. The highest BCUT2D eigenvalue weighted by Gasteiger charge is 2.28. The van der Waals surface area contributed by atoms with Crippen LogP contribution in [0.25, 0.3) is 0 Å². The van der Waals surface area contributed by atoms with Crippen molar-refractivity contribution in [3.63, 3.8) is 0 Å². The summed E-state index contributed by atoms with van der Waals surface area (Å²) in [4.78, 5) is 15.5. The molecule has 20 heavy (non-hydrogen) atoms. The molecule has 1 aromatic carbocycles. The fourth-order valence-corrected chi connectivity index (χ4v) is 2.83. The predicted octanol–water partition coefficient (Wildman–Crippen LogP) is 2.06. The number of halogens is 1. The van der Waals surface area contributed by atoms with Crippen LogP contribution in [0.15, 0.2) is 18.2 Å². The van der Waals surface area contributed by atoms with Crippen LogP contribution >= 0.6 is 0 Å². The summed E-state index contributed by atoms with van der Waals surface area (Å²) in [6.07, 6.45) is 2.66. The van der Waals surface area contributed by atoms with Gasteiger partial charge in [-0.3, -0.25) is 4.90 Å². The molecule has 3 rings (SSSR count). The predicted molar refractivity (Wildman–Crippen MR) is 74.7 cm³/mol. The highest BCUT2D eigenvalue weighted by Crippen LogP contribution is 2.31. The van der Waals surface area contributed by atoms with E-state index in [1.165, 1.54) is 31.0 Å². The number of nitrogens with zero attached hydrogens (tertiary/aromatic N) is 2. The van der Waals surface area contributed by atoms with Gasteiger partial charge in [-0.25, -0.2) is 9.18 Å². The van der Waals surface area contributed by atoms with Gasteiger partial charge in [-0.15, -0.1) is 0 Å². The van der Waals surface area contributed by atoms with Crippen molar-refractivity contribution in [2.75, 3.05) is 37.6 Å². The maximum absolute atomic E-state index is 14.0. The molecule has 0 atom stereocenters. The second-order valence-corrected chi connectivity index (χ2v) is 5.67. The second kappa shape index (κ2) is 5.40. The maximum atomic E-state index is 14.0. The van der Waals surface area contributed by atoms with E-state index < -0.39 is 11.8 Å². The Bertz CT molecular complexity index is 509. The fourth-order valence-electron chi connectivity index (χ4n) is 2.83.